The molecule has 0 aromatic heterocycles. The zero-order valence-corrected chi connectivity index (χ0v) is 15.5. The molecule has 7 nitrogen and oxygen atoms in total. The average Bonchev–Trinajstić information content (AvgIpc) is 2.56. The van der Waals surface area contributed by atoms with Crippen molar-refractivity contribution < 1.29 is 22.7 Å². The molecule has 0 aliphatic rings. The van der Waals surface area contributed by atoms with Crippen LogP contribution in [-0.4, -0.2) is 60.1 Å². The van der Waals surface area contributed by atoms with Crippen molar-refractivity contribution in [3.05, 3.63) is 23.8 Å². The maximum Gasteiger partial charge on any atom is 0.242 e. The van der Waals surface area contributed by atoms with Gasteiger partial charge in [0.2, 0.25) is 15.9 Å². The molecule has 136 valence electrons. The van der Waals surface area contributed by atoms with Gasteiger partial charge in [0, 0.05) is 40.8 Å². The van der Waals surface area contributed by atoms with Gasteiger partial charge >= 0.3 is 0 Å². The molecule has 0 atom stereocenters. The first kappa shape index (κ1) is 20.4. The van der Waals surface area contributed by atoms with Crippen LogP contribution in [0.2, 0.25) is 0 Å². The predicted octanol–water partition coefficient (Wildman–Crippen LogP) is 1.03. The molecule has 1 aromatic rings. The van der Waals surface area contributed by atoms with Gasteiger partial charge in [-0.1, -0.05) is 0 Å². The molecule has 0 radical (unpaired) electrons. The second-order valence-electron chi connectivity index (χ2n) is 5.46. The largest absolute Gasteiger partial charge is 0.496 e. The molecule has 0 aliphatic carbocycles. The number of nitrogens with one attached hydrogen (secondary N) is 1. The molecule has 1 rings (SSSR count). The lowest BCUT2D eigenvalue weighted by molar-refractivity contribution is -0.121. The van der Waals surface area contributed by atoms with Gasteiger partial charge in [0.1, 0.15) is 5.75 Å². The molecule has 0 aliphatic heterocycles. The van der Waals surface area contributed by atoms with E-state index in [2.05, 4.69) is 5.32 Å². The highest BCUT2D eigenvalue weighted by Crippen LogP contribution is 2.25. The van der Waals surface area contributed by atoms with Crippen molar-refractivity contribution in [3.8, 4) is 5.75 Å². The van der Waals surface area contributed by atoms with Crippen molar-refractivity contribution >= 4 is 15.9 Å². The van der Waals surface area contributed by atoms with Crippen LogP contribution in [0.4, 0.5) is 0 Å². The number of rotatable bonds is 10. The second-order valence-corrected chi connectivity index (χ2v) is 7.61. The highest BCUT2D eigenvalue weighted by molar-refractivity contribution is 7.89. The number of hydrogen-bond acceptors (Lipinski definition) is 5. The number of benzene rings is 1. The summed E-state index contributed by atoms with van der Waals surface area (Å²) in [7, 11) is 2.57. The summed E-state index contributed by atoms with van der Waals surface area (Å²) in [6, 6.07) is 4.68. The number of carbonyl (C=O) groups is 1. The number of carbonyl (C=O) groups excluding carboxylic acids is 1. The lowest BCUT2D eigenvalue weighted by Gasteiger charge is -2.14. The summed E-state index contributed by atoms with van der Waals surface area (Å²) in [5, 5.41) is 2.80. The summed E-state index contributed by atoms with van der Waals surface area (Å²) in [4.78, 5) is 12.0. The first-order valence-corrected chi connectivity index (χ1v) is 9.12. The van der Waals surface area contributed by atoms with Crippen LogP contribution < -0.4 is 10.1 Å². The van der Waals surface area contributed by atoms with Crippen LogP contribution >= 0.6 is 0 Å². The van der Waals surface area contributed by atoms with E-state index in [9.17, 15) is 13.2 Å². The van der Waals surface area contributed by atoms with Gasteiger partial charge in [-0.05, 0) is 36.6 Å². The third-order valence-electron chi connectivity index (χ3n) is 3.50. The molecule has 0 spiro atoms. The summed E-state index contributed by atoms with van der Waals surface area (Å²) in [5.41, 5.74) is 0.687. The first-order chi connectivity index (χ1) is 11.3. The number of nitrogens with zero attached hydrogens (tertiary/aromatic N) is 1. The fourth-order valence-corrected chi connectivity index (χ4v) is 3.06. The standard InChI is InChI=1S/C16H26N2O5S/c1-18(2)24(20,21)14-7-8-15(23-4)13(12-14)6-9-16(19)17-10-5-11-22-3/h7-8,12H,5-6,9-11H2,1-4H3,(H,17,19). The van der Waals surface area contributed by atoms with Gasteiger partial charge in [-0.25, -0.2) is 12.7 Å². The van der Waals surface area contributed by atoms with Crippen LogP contribution in [0.3, 0.4) is 0 Å². The Bertz CT molecular complexity index is 644. The van der Waals surface area contributed by atoms with E-state index < -0.39 is 10.0 Å². The van der Waals surface area contributed by atoms with Crippen LogP contribution in [0.5, 0.6) is 5.75 Å². The summed E-state index contributed by atoms with van der Waals surface area (Å²) in [6.45, 7) is 1.15. The van der Waals surface area contributed by atoms with Crippen molar-refractivity contribution in [1.29, 1.82) is 0 Å². The van der Waals surface area contributed by atoms with Crippen molar-refractivity contribution in [2.75, 3.05) is 41.5 Å². The van der Waals surface area contributed by atoms with Gasteiger partial charge in [-0.15, -0.1) is 0 Å². The van der Waals surface area contributed by atoms with E-state index in [0.29, 0.717) is 30.9 Å². The van der Waals surface area contributed by atoms with Gasteiger partial charge in [-0.2, -0.15) is 0 Å². The number of methoxy groups -OCH3 is 2. The van der Waals surface area contributed by atoms with E-state index in [0.717, 1.165) is 10.7 Å². The molecule has 0 fully saturated rings. The van der Waals surface area contributed by atoms with E-state index in [-0.39, 0.29) is 17.2 Å². The Morgan fingerprint density at radius 3 is 2.54 bits per heavy atom. The zero-order valence-electron chi connectivity index (χ0n) is 14.7. The fourth-order valence-electron chi connectivity index (χ4n) is 2.10. The van der Waals surface area contributed by atoms with Gasteiger partial charge in [-0.3, -0.25) is 4.79 Å². The number of hydrogen-bond donors (Lipinski definition) is 1. The summed E-state index contributed by atoms with van der Waals surface area (Å²) < 4.78 is 35.8. The Morgan fingerprint density at radius 2 is 1.96 bits per heavy atom. The van der Waals surface area contributed by atoms with E-state index in [4.69, 9.17) is 9.47 Å². The lowest BCUT2D eigenvalue weighted by atomic mass is 10.1. The summed E-state index contributed by atoms with van der Waals surface area (Å²) >= 11 is 0. The van der Waals surface area contributed by atoms with Crippen LogP contribution in [0.15, 0.2) is 23.1 Å². The van der Waals surface area contributed by atoms with E-state index in [1.54, 1.807) is 19.2 Å². The zero-order chi connectivity index (χ0) is 18.2. The number of aryl methyl sites for hydroxylation is 1. The maximum absolute atomic E-state index is 12.2. The van der Waals surface area contributed by atoms with Crippen molar-refractivity contribution in [2.45, 2.75) is 24.2 Å². The number of sulfonamides is 1. The molecule has 0 unspecified atom stereocenters. The highest BCUT2D eigenvalue weighted by atomic mass is 32.2. The van der Waals surface area contributed by atoms with Gasteiger partial charge in [0.15, 0.2) is 0 Å². The minimum absolute atomic E-state index is 0.0889. The molecule has 1 amide bonds. The SMILES string of the molecule is COCCCNC(=O)CCc1cc(S(=O)(=O)N(C)C)ccc1OC. The van der Waals surface area contributed by atoms with Gasteiger partial charge in [0.05, 0.1) is 12.0 Å². The Kier molecular flexibility index (Phi) is 8.17. The first-order valence-electron chi connectivity index (χ1n) is 7.68. The van der Waals surface area contributed by atoms with Crippen molar-refractivity contribution in [3.63, 3.8) is 0 Å². The topological polar surface area (TPSA) is 84.9 Å². The van der Waals surface area contributed by atoms with Crippen LogP contribution in [-0.2, 0) is 26.0 Å². The van der Waals surface area contributed by atoms with Gasteiger partial charge < -0.3 is 14.8 Å². The van der Waals surface area contributed by atoms with E-state index in [1.807, 2.05) is 0 Å². The highest BCUT2D eigenvalue weighted by Gasteiger charge is 2.19. The minimum atomic E-state index is -3.52. The molecule has 0 saturated carbocycles. The minimum Gasteiger partial charge on any atom is -0.496 e. The number of ether oxygens (including phenoxy) is 2. The van der Waals surface area contributed by atoms with Crippen molar-refractivity contribution in [1.82, 2.24) is 9.62 Å². The molecular formula is C16H26N2O5S. The van der Waals surface area contributed by atoms with Crippen molar-refractivity contribution in [2.24, 2.45) is 0 Å². The van der Waals surface area contributed by atoms with E-state index >= 15 is 0 Å². The fraction of sp³-hybridized carbons (Fsp3) is 0.562. The molecular weight excluding hydrogens is 332 g/mol. The second kappa shape index (κ2) is 9.61. The molecule has 0 saturated heterocycles. The molecule has 24 heavy (non-hydrogen) atoms. The molecule has 1 aromatic carbocycles. The van der Waals surface area contributed by atoms with Crippen LogP contribution in [0, 0.1) is 0 Å². The smallest absolute Gasteiger partial charge is 0.242 e. The molecule has 8 heteroatoms. The Hall–Kier alpha value is -1.64. The quantitative estimate of drug-likeness (QED) is 0.632. The van der Waals surface area contributed by atoms with Gasteiger partial charge in [0.25, 0.3) is 0 Å². The molecule has 0 heterocycles. The summed E-state index contributed by atoms with van der Waals surface area (Å²) in [6.07, 6.45) is 1.41. The molecule has 1 N–H and O–H groups in total. The Labute approximate surface area is 144 Å². The predicted molar refractivity (Wildman–Crippen MR) is 91.7 cm³/mol. The summed E-state index contributed by atoms with van der Waals surface area (Å²) in [5.74, 6) is 0.480. The lowest BCUT2D eigenvalue weighted by Crippen LogP contribution is -2.25. The normalized spacial score (nSPS) is 11.5. The molecule has 0 bridgehead atoms. The Morgan fingerprint density at radius 1 is 1.25 bits per heavy atom. The van der Waals surface area contributed by atoms with E-state index in [1.165, 1.54) is 27.3 Å². The Balaban J connectivity index is 2.78. The third-order valence-corrected chi connectivity index (χ3v) is 5.31. The monoisotopic (exact) mass is 358 g/mol. The van der Waals surface area contributed by atoms with Crippen LogP contribution in [0.1, 0.15) is 18.4 Å². The average molecular weight is 358 g/mol. The number of amides is 1. The maximum atomic E-state index is 12.2. The van der Waals surface area contributed by atoms with Crippen LogP contribution in [0.25, 0.3) is 0 Å². The third kappa shape index (κ3) is 5.77.